The molecule has 2 N–H and O–H groups in total. The maximum absolute atomic E-state index is 12.3. The zero-order valence-electron chi connectivity index (χ0n) is 13.5. The molecular formula is C18H19ClN2O2S. The van der Waals surface area contributed by atoms with Crippen molar-refractivity contribution in [3.63, 3.8) is 0 Å². The Hall–Kier alpha value is -1.98. The topological polar surface area (TPSA) is 58.2 Å². The van der Waals surface area contributed by atoms with E-state index in [0.29, 0.717) is 22.8 Å². The van der Waals surface area contributed by atoms with Gasteiger partial charge in [-0.1, -0.05) is 17.7 Å². The molecule has 0 fully saturated rings. The highest BCUT2D eigenvalue weighted by atomic mass is 35.5. The third-order valence-corrected chi connectivity index (χ3v) is 4.59. The Balaban J connectivity index is 1.99. The van der Waals surface area contributed by atoms with Crippen molar-refractivity contribution in [1.29, 1.82) is 0 Å². The van der Waals surface area contributed by atoms with Gasteiger partial charge in [0.15, 0.2) is 0 Å². The van der Waals surface area contributed by atoms with Crippen LogP contribution in [0.25, 0.3) is 0 Å². The van der Waals surface area contributed by atoms with E-state index in [1.807, 2.05) is 26.0 Å². The van der Waals surface area contributed by atoms with Gasteiger partial charge in [0.1, 0.15) is 0 Å². The second kappa shape index (κ2) is 8.76. The van der Waals surface area contributed by atoms with E-state index in [0.717, 1.165) is 4.90 Å². The van der Waals surface area contributed by atoms with Crippen LogP contribution < -0.4 is 10.6 Å². The SMILES string of the molecule is CCNC(=O)c1cccc(NC(=O)C(C)Sc2ccc(Cl)cc2)c1. The van der Waals surface area contributed by atoms with Crippen LogP contribution in [0.1, 0.15) is 24.2 Å². The first-order valence-corrected chi connectivity index (χ1v) is 8.86. The Labute approximate surface area is 151 Å². The number of rotatable bonds is 6. The quantitative estimate of drug-likeness (QED) is 0.757. The molecule has 1 unspecified atom stereocenters. The molecule has 0 aromatic heterocycles. The largest absolute Gasteiger partial charge is 0.352 e. The van der Waals surface area contributed by atoms with Crippen molar-refractivity contribution in [3.05, 3.63) is 59.1 Å². The maximum Gasteiger partial charge on any atom is 0.251 e. The first-order valence-electron chi connectivity index (χ1n) is 7.61. The van der Waals surface area contributed by atoms with Gasteiger partial charge in [-0.05, 0) is 56.3 Å². The summed E-state index contributed by atoms with van der Waals surface area (Å²) in [7, 11) is 0. The fourth-order valence-electron chi connectivity index (χ4n) is 2.02. The van der Waals surface area contributed by atoms with Crippen molar-refractivity contribution >= 4 is 40.9 Å². The Morgan fingerprint density at radius 3 is 2.54 bits per heavy atom. The van der Waals surface area contributed by atoms with E-state index < -0.39 is 0 Å². The monoisotopic (exact) mass is 362 g/mol. The Morgan fingerprint density at radius 2 is 1.88 bits per heavy atom. The van der Waals surface area contributed by atoms with Gasteiger partial charge in [-0.25, -0.2) is 0 Å². The minimum Gasteiger partial charge on any atom is -0.352 e. The molecule has 2 amide bonds. The molecule has 0 aliphatic carbocycles. The van der Waals surface area contributed by atoms with Gasteiger partial charge in [0.25, 0.3) is 5.91 Å². The molecule has 0 heterocycles. The fourth-order valence-corrected chi connectivity index (χ4v) is 3.01. The number of benzene rings is 2. The number of carbonyl (C=O) groups is 2. The number of hydrogen-bond acceptors (Lipinski definition) is 3. The molecule has 2 rings (SSSR count). The normalized spacial score (nSPS) is 11.6. The van der Waals surface area contributed by atoms with Crippen LogP contribution in [-0.4, -0.2) is 23.6 Å². The van der Waals surface area contributed by atoms with E-state index in [9.17, 15) is 9.59 Å². The van der Waals surface area contributed by atoms with E-state index >= 15 is 0 Å². The fraction of sp³-hybridized carbons (Fsp3) is 0.222. The highest BCUT2D eigenvalue weighted by molar-refractivity contribution is 8.00. The summed E-state index contributed by atoms with van der Waals surface area (Å²) < 4.78 is 0. The first-order chi connectivity index (χ1) is 11.5. The summed E-state index contributed by atoms with van der Waals surface area (Å²) in [4.78, 5) is 25.1. The van der Waals surface area contributed by atoms with Crippen molar-refractivity contribution in [1.82, 2.24) is 5.32 Å². The van der Waals surface area contributed by atoms with E-state index in [-0.39, 0.29) is 17.1 Å². The average Bonchev–Trinajstić information content (AvgIpc) is 2.57. The second-order valence-electron chi connectivity index (χ2n) is 5.14. The van der Waals surface area contributed by atoms with Crippen LogP contribution in [0.4, 0.5) is 5.69 Å². The lowest BCUT2D eigenvalue weighted by Crippen LogP contribution is -2.24. The number of carbonyl (C=O) groups excluding carboxylic acids is 2. The molecule has 0 aliphatic heterocycles. The van der Waals surface area contributed by atoms with Crippen LogP contribution in [-0.2, 0) is 4.79 Å². The molecule has 1 atom stereocenters. The average molecular weight is 363 g/mol. The predicted molar refractivity (Wildman–Crippen MR) is 99.8 cm³/mol. The van der Waals surface area contributed by atoms with Crippen LogP contribution in [0.5, 0.6) is 0 Å². The summed E-state index contributed by atoms with van der Waals surface area (Å²) in [5, 5.41) is 5.97. The van der Waals surface area contributed by atoms with Crippen molar-refractivity contribution in [2.45, 2.75) is 24.0 Å². The van der Waals surface area contributed by atoms with E-state index in [1.54, 1.807) is 36.4 Å². The zero-order chi connectivity index (χ0) is 17.5. The third-order valence-electron chi connectivity index (χ3n) is 3.23. The Morgan fingerprint density at radius 1 is 1.17 bits per heavy atom. The molecule has 4 nitrogen and oxygen atoms in total. The van der Waals surface area contributed by atoms with E-state index in [4.69, 9.17) is 11.6 Å². The molecule has 0 spiro atoms. The summed E-state index contributed by atoms with van der Waals surface area (Å²) in [6.45, 7) is 4.26. The molecule has 0 saturated carbocycles. The molecule has 2 aromatic carbocycles. The molecule has 0 bridgehead atoms. The number of nitrogens with one attached hydrogen (secondary N) is 2. The molecule has 0 aliphatic rings. The van der Waals surface area contributed by atoms with Crippen molar-refractivity contribution < 1.29 is 9.59 Å². The smallest absolute Gasteiger partial charge is 0.251 e. The van der Waals surface area contributed by atoms with Crippen LogP contribution in [0.15, 0.2) is 53.4 Å². The minimum atomic E-state index is -0.278. The number of halogens is 1. The van der Waals surface area contributed by atoms with Gasteiger partial charge < -0.3 is 10.6 Å². The Bertz CT molecular complexity index is 719. The van der Waals surface area contributed by atoms with Gasteiger partial charge in [0.05, 0.1) is 5.25 Å². The number of hydrogen-bond donors (Lipinski definition) is 2. The molecule has 126 valence electrons. The second-order valence-corrected chi connectivity index (χ2v) is 6.99. The Kier molecular flexibility index (Phi) is 6.70. The number of thioether (sulfide) groups is 1. The maximum atomic E-state index is 12.3. The van der Waals surface area contributed by atoms with Crippen LogP contribution in [0.2, 0.25) is 5.02 Å². The molecular weight excluding hydrogens is 344 g/mol. The number of amides is 2. The summed E-state index contributed by atoms with van der Waals surface area (Å²) >= 11 is 7.31. The van der Waals surface area contributed by atoms with Crippen molar-refractivity contribution in [3.8, 4) is 0 Å². The standard InChI is InChI=1S/C18H19ClN2O2S/c1-3-20-18(23)13-5-4-6-15(11-13)21-17(22)12(2)24-16-9-7-14(19)8-10-16/h4-12H,3H2,1-2H3,(H,20,23)(H,21,22). The van der Waals surface area contributed by atoms with Gasteiger partial charge >= 0.3 is 0 Å². The lowest BCUT2D eigenvalue weighted by atomic mass is 10.2. The van der Waals surface area contributed by atoms with Gasteiger partial charge in [-0.3, -0.25) is 9.59 Å². The summed E-state index contributed by atoms with van der Waals surface area (Å²) in [6, 6.07) is 14.3. The van der Waals surface area contributed by atoms with Gasteiger partial charge in [0.2, 0.25) is 5.91 Å². The van der Waals surface area contributed by atoms with Gasteiger partial charge in [-0.2, -0.15) is 0 Å². The zero-order valence-corrected chi connectivity index (χ0v) is 15.1. The lowest BCUT2D eigenvalue weighted by Gasteiger charge is -2.13. The summed E-state index contributed by atoms with van der Waals surface area (Å²) in [5.41, 5.74) is 1.12. The molecule has 2 aromatic rings. The molecule has 0 radical (unpaired) electrons. The molecule has 0 saturated heterocycles. The van der Waals surface area contributed by atoms with E-state index in [1.165, 1.54) is 11.8 Å². The highest BCUT2D eigenvalue weighted by Crippen LogP contribution is 2.25. The molecule has 24 heavy (non-hydrogen) atoms. The summed E-state index contributed by atoms with van der Waals surface area (Å²) in [5.74, 6) is -0.278. The van der Waals surface area contributed by atoms with Crippen LogP contribution in [0, 0.1) is 0 Å². The summed E-state index contributed by atoms with van der Waals surface area (Å²) in [6.07, 6.45) is 0. The molecule has 6 heteroatoms. The third kappa shape index (κ3) is 5.28. The minimum absolute atomic E-state index is 0.122. The van der Waals surface area contributed by atoms with E-state index in [2.05, 4.69) is 10.6 Å². The van der Waals surface area contributed by atoms with Crippen molar-refractivity contribution in [2.75, 3.05) is 11.9 Å². The van der Waals surface area contributed by atoms with Gasteiger partial charge in [-0.15, -0.1) is 11.8 Å². The first kappa shape index (κ1) is 18.4. The lowest BCUT2D eigenvalue weighted by molar-refractivity contribution is -0.115. The number of anilines is 1. The van der Waals surface area contributed by atoms with Crippen molar-refractivity contribution in [2.24, 2.45) is 0 Å². The van der Waals surface area contributed by atoms with Crippen LogP contribution >= 0.6 is 23.4 Å². The predicted octanol–water partition coefficient (Wildman–Crippen LogP) is 4.21. The van der Waals surface area contributed by atoms with Crippen LogP contribution in [0.3, 0.4) is 0 Å². The highest BCUT2D eigenvalue weighted by Gasteiger charge is 2.15. The van der Waals surface area contributed by atoms with Gasteiger partial charge in [0, 0.05) is 27.7 Å².